The monoisotopic (exact) mass is 1200 g/mol. The van der Waals surface area contributed by atoms with E-state index in [0.29, 0.717) is 12.8 Å². The number of rotatable bonds is 51. The third kappa shape index (κ3) is 30.7. The van der Waals surface area contributed by atoms with Crippen molar-refractivity contribution in [3.05, 3.63) is 24.3 Å². The summed E-state index contributed by atoms with van der Waals surface area (Å²) in [5.74, 6) is -0.283. The largest absolute Gasteiger partial charge is 0.394 e. The molecule has 1 amide bonds. The lowest BCUT2D eigenvalue weighted by atomic mass is 9.96. The van der Waals surface area contributed by atoms with Crippen LogP contribution in [-0.2, 0) is 33.2 Å². The molecule has 0 aliphatic carbocycles. The average molecular weight is 1200 g/mol. The van der Waals surface area contributed by atoms with E-state index in [9.17, 15) is 61.0 Å². The summed E-state index contributed by atoms with van der Waals surface area (Å²) in [5, 5.41) is 120. The standard InChI is InChI=1S/C65H121NO18/c1-3-5-7-9-11-13-15-17-18-19-20-21-22-23-24-25-26-27-28-29-31-32-34-36-38-40-42-49(70)48(66-53(71)43-41-39-37-35-33-30-16-14-12-10-8-6-4-2)47-79-63-59(77)56(74)61(51(45-68)81-63)84-65-60(78)57(75)62(52(46-69)82-65)83-64-58(76)55(73)54(72)50(44-67)80-64/h32,34,40,42,48-52,54-65,67-70,72-78H,3-31,33,35-39,41,43-47H2,1-2H3,(H,66,71)/b34-32+,42-40+. The van der Waals surface area contributed by atoms with Crippen LogP contribution in [0.5, 0.6) is 0 Å². The normalized spacial score (nSPS) is 29.3. The molecule has 3 heterocycles. The lowest BCUT2D eigenvalue weighted by molar-refractivity contribution is -0.379. The first-order valence-corrected chi connectivity index (χ1v) is 33.6. The predicted octanol–water partition coefficient (Wildman–Crippen LogP) is 7.88. The number of hydrogen-bond acceptors (Lipinski definition) is 18. The van der Waals surface area contributed by atoms with Crippen molar-refractivity contribution in [2.24, 2.45) is 0 Å². The van der Waals surface area contributed by atoms with E-state index in [2.05, 4.69) is 31.3 Å². The summed E-state index contributed by atoms with van der Waals surface area (Å²) in [7, 11) is 0. The molecule has 17 atom stereocenters. The van der Waals surface area contributed by atoms with E-state index in [0.717, 1.165) is 38.5 Å². The molecule has 494 valence electrons. The molecule has 17 unspecified atom stereocenters. The zero-order valence-electron chi connectivity index (χ0n) is 51.9. The fraction of sp³-hybridized carbons (Fsp3) is 0.923. The van der Waals surface area contributed by atoms with E-state index < -0.39 is 124 Å². The summed E-state index contributed by atoms with van der Waals surface area (Å²) in [4.78, 5) is 13.3. The molecular formula is C65H121NO18. The second-order valence-electron chi connectivity index (χ2n) is 24.3. The van der Waals surface area contributed by atoms with Gasteiger partial charge in [0.05, 0.1) is 38.6 Å². The van der Waals surface area contributed by atoms with Gasteiger partial charge in [0.25, 0.3) is 0 Å². The number of amides is 1. The van der Waals surface area contributed by atoms with Gasteiger partial charge in [-0.15, -0.1) is 0 Å². The Balaban J connectivity index is 1.44. The second-order valence-corrected chi connectivity index (χ2v) is 24.3. The molecule has 0 aromatic carbocycles. The van der Waals surface area contributed by atoms with Gasteiger partial charge in [-0.3, -0.25) is 4.79 Å². The summed E-state index contributed by atoms with van der Waals surface area (Å²) in [5.41, 5.74) is 0. The Morgan fingerprint density at radius 3 is 1.19 bits per heavy atom. The Labute approximate surface area is 505 Å². The smallest absolute Gasteiger partial charge is 0.220 e. The van der Waals surface area contributed by atoms with Gasteiger partial charge in [-0.2, -0.15) is 0 Å². The quantitative estimate of drug-likeness (QED) is 0.0204. The van der Waals surface area contributed by atoms with E-state index in [1.54, 1.807) is 6.08 Å². The summed E-state index contributed by atoms with van der Waals surface area (Å²) in [6.07, 6.45) is 26.0. The first-order chi connectivity index (χ1) is 40.8. The van der Waals surface area contributed by atoms with Gasteiger partial charge in [0, 0.05) is 6.42 Å². The molecule has 3 saturated heterocycles. The van der Waals surface area contributed by atoms with Gasteiger partial charge in [0.2, 0.25) is 5.91 Å². The number of unbranched alkanes of at least 4 members (excludes halogenated alkanes) is 33. The van der Waals surface area contributed by atoms with Crippen LogP contribution in [-0.4, -0.2) is 193 Å². The van der Waals surface area contributed by atoms with Crippen molar-refractivity contribution >= 4 is 5.91 Å². The lowest BCUT2D eigenvalue weighted by Gasteiger charge is -2.48. The van der Waals surface area contributed by atoms with Crippen LogP contribution in [0.25, 0.3) is 0 Å². The molecule has 3 aliphatic rings. The molecule has 12 N–H and O–H groups in total. The fourth-order valence-corrected chi connectivity index (χ4v) is 11.5. The highest BCUT2D eigenvalue weighted by molar-refractivity contribution is 5.76. The minimum Gasteiger partial charge on any atom is -0.394 e. The Bertz CT molecular complexity index is 1630. The first-order valence-electron chi connectivity index (χ1n) is 33.6. The van der Waals surface area contributed by atoms with Gasteiger partial charge in [-0.25, -0.2) is 0 Å². The number of aliphatic hydroxyl groups excluding tert-OH is 11. The molecule has 84 heavy (non-hydrogen) atoms. The average Bonchev–Trinajstić information content (AvgIpc) is 3.22. The number of carbonyl (C=O) groups is 1. The maximum Gasteiger partial charge on any atom is 0.220 e. The zero-order chi connectivity index (χ0) is 61.2. The minimum atomic E-state index is -1.98. The Hall–Kier alpha value is -1.73. The van der Waals surface area contributed by atoms with Crippen LogP contribution in [0.1, 0.15) is 251 Å². The predicted molar refractivity (Wildman–Crippen MR) is 323 cm³/mol. The van der Waals surface area contributed by atoms with Crippen molar-refractivity contribution in [2.75, 3.05) is 26.4 Å². The van der Waals surface area contributed by atoms with Crippen LogP contribution >= 0.6 is 0 Å². The van der Waals surface area contributed by atoms with E-state index in [1.807, 2.05) is 6.08 Å². The highest BCUT2D eigenvalue weighted by Crippen LogP contribution is 2.33. The molecule has 0 radical (unpaired) electrons. The molecule has 3 fully saturated rings. The maximum absolute atomic E-state index is 13.3. The highest BCUT2D eigenvalue weighted by atomic mass is 16.8. The molecular weight excluding hydrogens is 1080 g/mol. The third-order valence-corrected chi connectivity index (χ3v) is 17.0. The van der Waals surface area contributed by atoms with Crippen LogP contribution in [0, 0.1) is 0 Å². The van der Waals surface area contributed by atoms with E-state index in [4.69, 9.17) is 28.4 Å². The Kier molecular flexibility index (Phi) is 43.9. The molecule has 3 rings (SSSR count). The second kappa shape index (κ2) is 48.2. The number of aliphatic hydroxyl groups is 11. The van der Waals surface area contributed by atoms with Crippen LogP contribution in [0.3, 0.4) is 0 Å². The lowest BCUT2D eigenvalue weighted by Crippen LogP contribution is -2.66. The third-order valence-electron chi connectivity index (χ3n) is 17.0. The van der Waals surface area contributed by atoms with Gasteiger partial charge in [-0.05, 0) is 32.1 Å². The van der Waals surface area contributed by atoms with Crippen molar-refractivity contribution in [3.8, 4) is 0 Å². The van der Waals surface area contributed by atoms with E-state index in [-0.39, 0.29) is 18.9 Å². The van der Waals surface area contributed by atoms with Crippen molar-refractivity contribution in [1.29, 1.82) is 0 Å². The molecule has 19 heteroatoms. The van der Waals surface area contributed by atoms with Gasteiger partial charge < -0.3 is 89.9 Å². The summed E-state index contributed by atoms with van der Waals surface area (Å²) in [6, 6.07) is -0.985. The van der Waals surface area contributed by atoms with Crippen LogP contribution in [0.2, 0.25) is 0 Å². The van der Waals surface area contributed by atoms with Crippen molar-refractivity contribution in [2.45, 2.75) is 356 Å². The van der Waals surface area contributed by atoms with Gasteiger partial charge in [0.1, 0.15) is 73.2 Å². The van der Waals surface area contributed by atoms with Crippen LogP contribution in [0.15, 0.2) is 24.3 Å². The fourth-order valence-electron chi connectivity index (χ4n) is 11.5. The van der Waals surface area contributed by atoms with Gasteiger partial charge >= 0.3 is 0 Å². The first kappa shape index (κ1) is 76.5. The summed E-state index contributed by atoms with van der Waals surface area (Å²) < 4.78 is 34.3. The molecule has 0 saturated carbocycles. The Morgan fingerprint density at radius 1 is 0.417 bits per heavy atom. The van der Waals surface area contributed by atoms with Crippen molar-refractivity contribution < 1.29 is 89.4 Å². The zero-order valence-corrected chi connectivity index (χ0v) is 51.9. The topological polar surface area (TPSA) is 307 Å². The van der Waals surface area contributed by atoms with Crippen LogP contribution in [0.4, 0.5) is 0 Å². The number of ether oxygens (including phenoxy) is 6. The van der Waals surface area contributed by atoms with Gasteiger partial charge in [-0.1, -0.05) is 237 Å². The number of carbonyl (C=O) groups excluding carboxylic acids is 1. The Morgan fingerprint density at radius 2 is 0.762 bits per heavy atom. The number of hydrogen-bond donors (Lipinski definition) is 12. The number of nitrogens with one attached hydrogen (secondary N) is 1. The summed E-state index contributed by atoms with van der Waals surface area (Å²) in [6.45, 7) is 1.72. The molecule has 0 aromatic heterocycles. The summed E-state index contributed by atoms with van der Waals surface area (Å²) >= 11 is 0. The molecule has 0 aromatic rings. The van der Waals surface area contributed by atoms with E-state index >= 15 is 0 Å². The molecule has 0 bridgehead atoms. The number of allylic oxidation sites excluding steroid dienone is 3. The molecule has 19 nitrogen and oxygen atoms in total. The minimum absolute atomic E-state index is 0.240. The highest BCUT2D eigenvalue weighted by Gasteiger charge is 2.53. The SMILES string of the molecule is CCCCCCCCCCCCCCCCCCCCCC/C=C/CC/C=C/C(O)C(COC1OC(CO)C(OC2OC(CO)C(OC3OC(CO)C(O)C(O)C3O)C(O)C2O)C(O)C1O)NC(=O)CCCCCCCCCCCCCCC. The van der Waals surface area contributed by atoms with Gasteiger partial charge in [0.15, 0.2) is 18.9 Å². The molecule has 0 spiro atoms. The van der Waals surface area contributed by atoms with Crippen molar-refractivity contribution in [3.63, 3.8) is 0 Å². The van der Waals surface area contributed by atoms with Crippen LogP contribution < -0.4 is 5.32 Å². The maximum atomic E-state index is 13.3. The molecule has 3 aliphatic heterocycles. The van der Waals surface area contributed by atoms with E-state index in [1.165, 1.54) is 180 Å². The van der Waals surface area contributed by atoms with Crippen molar-refractivity contribution in [1.82, 2.24) is 5.32 Å².